The minimum absolute atomic E-state index is 0.316. The fourth-order valence-corrected chi connectivity index (χ4v) is 2.36. The Labute approximate surface area is 119 Å². The average molecular weight is 278 g/mol. The zero-order valence-corrected chi connectivity index (χ0v) is 12.2. The molecule has 0 aromatic heterocycles. The quantitative estimate of drug-likeness (QED) is 0.630. The van der Waals surface area contributed by atoms with E-state index in [1.807, 2.05) is 18.2 Å². The lowest BCUT2D eigenvalue weighted by atomic mass is 10.2. The first-order valence-electron chi connectivity index (χ1n) is 6.63. The van der Waals surface area contributed by atoms with E-state index in [9.17, 15) is 0 Å². The Hall–Kier alpha value is -2.11. The molecule has 1 aromatic carbocycles. The summed E-state index contributed by atoms with van der Waals surface area (Å²) in [5.74, 6) is 2.08. The van der Waals surface area contributed by atoms with Crippen LogP contribution < -0.4 is 25.4 Å². The zero-order chi connectivity index (χ0) is 14.5. The van der Waals surface area contributed by atoms with Crippen molar-refractivity contribution < 1.29 is 9.47 Å². The van der Waals surface area contributed by atoms with Crippen molar-refractivity contribution in [3.05, 3.63) is 18.2 Å². The van der Waals surface area contributed by atoms with Gasteiger partial charge in [-0.25, -0.2) is 0 Å². The SMILES string of the molecule is CN=C(N)NC1CCN(c2cc(OC)cc(OC)c2)C1. The summed E-state index contributed by atoms with van der Waals surface area (Å²) in [6.07, 6.45) is 1.02. The average Bonchev–Trinajstić information content (AvgIpc) is 2.94. The monoisotopic (exact) mass is 278 g/mol. The number of rotatable bonds is 4. The van der Waals surface area contributed by atoms with Crippen molar-refractivity contribution in [2.24, 2.45) is 10.7 Å². The lowest BCUT2D eigenvalue weighted by molar-refractivity contribution is 0.394. The van der Waals surface area contributed by atoms with Gasteiger partial charge in [0, 0.05) is 50.1 Å². The molecule has 110 valence electrons. The molecule has 1 aromatic rings. The van der Waals surface area contributed by atoms with E-state index in [4.69, 9.17) is 15.2 Å². The van der Waals surface area contributed by atoms with E-state index in [-0.39, 0.29) is 0 Å². The van der Waals surface area contributed by atoms with Crippen molar-refractivity contribution in [2.45, 2.75) is 12.5 Å². The summed E-state index contributed by atoms with van der Waals surface area (Å²) >= 11 is 0. The van der Waals surface area contributed by atoms with Crippen LogP contribution in [0.25, 0.3) is 0 Å². The predicted octanol–water partition coefficient (Wildman–Crippen LogP) is 0.817. The Kier molecular flexibility index (Phi) is 4.55. The highest BCUT2D eigenvalue weighted by molar-refractivity contribution is 5.78. The number of hydrogen-bond donors (Lipinski definition) is 2. The Morgan fingerprint density at radius 2 is 1.95 bits per heavy atom. The third-order valence-electron chi connectivity index (χ3n) is 3.48. The van der Waals surface area contributed by atoms with Crippen LogP contribution in [0.3, 0.4) is 0 Å². The molecule has 6 nitrogen and oxygen atoms in total. The molecular weight excluding hydrogens is 256 g/mol. The normalized spacial score (nSPS) is 19.1. The van der Waals surface area contributed by atoms with Gasteiger partial charge >= 0.3 is 0 Å². The highest BCUT2D eigenvalue weighted by atomic mass is 16.5. The molecule has 0 amide bonds. The van der Waals surface area contributed by atoms with Crippen LogP contribution >= 0.6 is 0 Å². The molecule has 0 saturated carbocycles. The number of hydrogen-bond acceptors (Lipinski definition) is 4. The van der Waals surface area contributed by atoms with Crippen LogP contribution in [-0.2, 0) is 0 Å². The van der Waals surface area contributed by atoms with Crippen LogP contribution in [0.1, 0.15) is 6.42 Å². The summed E-state index contributed by atoms with van der Waals surface area (Å²) < 4.78 is 10.6. The smallest absolute Gasteiger partial charge is 0.188 e. The van der Waals surface area contributed by atoms with Crippen molar-refractivity contribution in [3.63, 3.8) is 0 Å². The molecule has 6 heteroatoms. The van der Waals surface area contributed by atoms with E-state index in [0.29, 0.717) is 12.0 Å². The largest absolute Gasteiger partial charge is 0.497 e. The molecule has 0 radical (unpaired) electrons. The Morgan fingerprint density at radius 1 is 1.30 bits per heavy atom. The van der Waals surface area contributed by atoms with Gasteiger partial charge in [-0.3, -0.25) is 4.99 Å². The minimum atomic E-state index is 0.316. The first-order chi connectivity index (χ1) is 9.66. The molecule has 1 fully saturated rings. The molecule has 1 heterocycles. The summed E-state index contributed by atoms with van der Waals surface area (Å²) in [6.45, 7) is 1.84. The number of guanidine groups is 1. The summed E-state index contributed by atoms with van der Waals surface area (Å²) in [5.41, 5.74) is 6.80. The number of anilines is 1. The summed E-state index contributed by atoms with van der Waals surface area (Å²) in [6, 6.07) is 6.22. The van der Waals surface area contributed by atoms with Crippen molar-refractivity contribution >= 4 is 11.6 Å². The van der Waals surface area contributed by atoms with Crippen molar-refractivity contribution in [3.8, 4) is 11.5 Å². The van der Waals surface area contributed by atoms with Crippen LogP contribution in [0.4, 0.5) is 5.69 Å². The van der Waals surface area contributed by atoms with Gasteiger partial charge in [-0.1, -0.05) is 0 Å². The Morgan fingerprint density at radius 3 is 2.50 bits per heavy atom. The highest BCUT2D eigenvalue weighted by Crippen LogP contribution is 2.30. The maximum absolute atomic E-state index is 5.71. The van der Waals surface area contributed by atoms with E-state index in [1.165, 1.54) is 0 Å². The first kappa shape index (κ1) is 14.3. The van der Waals surface area contributed by atoms with Crippen molar-refractivity contribution in [1.29, 1.82) is 0 Å². The summed E-state index contributed by atoms with van der Waals surface area (Å²) in [4.78, 5) is 6.21. The second kappa shape index (κ2) is 6.36. The number of aliphatic imine (C=N–C) groups is 1. The molecule has 1 aliphatic rings. The molecule has 20 heavy (non-hydrogen) atoms. The van der Waals surface area contributed by atoms with Gasteiger partial charge in [0.05, 0.1) is 14.2 Å². The van der Waals surface area contributed by atoms with Gasteiger partial charge in [-0.05, 0) is 6.42 Å². The van der Waals surface area contributed by atoms with Gasteiger partial charge in [-0.2, -0.15) is 0 Å². The molecule has 0 bridgehead atoms. The third-order valence-corrected chi connectivity index (χ3v) is 3.48. The van der Waals surface area contributed by atoms with E-state index < -0.39 is 0 Å². The second-order valence-electron chi connectivity index (χ2n) is 4.76. The molecule has 0 spiro atoms. The second-order valence-corrected chi connectivity index (χ2v) is 4.76. The van der Waals surface area contributed by atoms with Crippen LogP contribution in [0.15, 0.2) is 23.2 Å². The lowest BCUT2D eigenvalue weighted by Gasteiger charge is -2.20. The predicted molar refractivity (Wildman–Crippen MR) is 80.8 cm³/mol. The Balaban J connectivity index is 2.09. The minimum Gasteiger partial charge on any atom is -0.497 e. The molecule has 1 saturated heterocycles. The summed E-state index contributed by atoms with van der Waals surface area (Å²) in [5, 5.41) is 3.21. The highest BCUT2D eigenvalue weighted by Gasteiger charge is 2.23. The number of methoxy groups -OCH3 is 2. The fraction of sp³-hybridized carbons (Fsp3) is 0.500. The number of ether oxygens (including phenoxy) is 2. The molecular formula is C14H22N4O2. The number of nitrogens with zero attached hydrogens (tertiary/aromatic N) is 2. The van der Waals surface area contributed by atoms with Crippen LogP contribution in [-0.4, -0.2) is 46.4 Å². The van der Waals surface area contributed by atoms with Crippen LogP contribution in [0.5, 0.6) is 11.5 Å². The summed E-state index contributed by atoms with van der Waals surface area (Å²) in [7, 11) is 5.00. The lowest BCUT2D eigenvalue weighted by Crippen LogP contribution is -2.41. The molecule has 0 aliphatic carbocycles. The standard InChI is InChI=1S/C14H22N4O2/c1-16-14(15)17-10-4-5-18(9-10)11-6-12(19-2)8-13(7-11)20-3/h6-8,10H,4-5,9H2,1-3H3,(H3,15,16,17). The Bertz CT molecular complexity index is 468. The maximum atomic E-state index is 5.71. The fourth-order valence-electron chi connectivity index (χ4n) is 2.36. The third kappa shape index (κ3) is 3.26. The van der Waals surface area contributed by atoms with E-state index in [0.717, 1.165) is 36.7 Å². The van der Waals surface area contributed by atoms with Gasteiger partial charge in [-0.15, -0.1) is 0 Å². The maximum Gasteiger partial charge on any atom is 0.188 e. The van der Waals surface area contributed by atoms with Gasteiger partial charge in [0.25, 0.3) is 0 Å². The zero-order valence-electron chi connectivity index (χ0n) is 12.2. The van der Waals surface area contributed by atoms with Gasteiger partial charge in [0.1, 0.15) is 11.5 Å². The number of nitrogens with one attached hydrogen (secondary N) is 1. The van der Waals surface area contributed by atoms with E-state index in [1.54, 1.807) is 21.3 Å². The van der Waals surface area contributed by atoms with Gasteiger partial charge in [0.15, 0.2) is 5.96 Å². The van der Waals surface area contributed by atoms with Crippen LogP contribution in [0.2, 0.25) is 0 Å². The number of nitrogens with two attached hydrogens (primary N) is 1. The van der Waals surface area contributed by atoms with Crippen molar-refractivity contribution in [2.75, 3.05) is 39.3 Å². The van der Waals surface area contributed by atoms with E-state index in [2.05, 4.69) is 15.2 Å². The molecule has 2 rings (SSSR count). The molecule has 3 N–H and O–H groups in total. The topological polar surface area (TPSA) is 72.1 Å². The van der Waals surface area contributed by atoms with E-state index >= 15 is 0 Å². The molecule has 1 atom stereocenters. The van der Waals surface area contributed by atoms with Gasteiger partial charge < -0.3 is 25.4 Å². The molecule has 1 unspecified atom stereocenters. The first-order valence-corrected chi connectivity index (χ1v) is 6.63. The number of benzene rings is 1. The van der Waals surface area contributed by atoms with Crippen LogP contribution in [0, 0.1) is 0 Å². The van der Waals surface area contributed by atoms with Crippen molar-refractivity contribution in [1.82, 2.24) is 5.32 Å². The molecule has 1 aliphatic heterocycles. The van der Waals surface area contributed by atoms with Gasteiger partial charge in [0.2, 0.25) is 0 Å².